The van der Waals surface area contributed by atoms with Gasteiger partial charge in [-0.2, -0.15) is 0 Å². The fraction of sp³-hybridized carbons (Fsp3) is 0.385. The maximum Gasteiger partial charge on any atom is 0.326 e. The molecule has 1 heterocycles. The van der Waals surface area contributed by atoms with E-state index in [-0.39, 0.29) is 6.03 Å². The van der Waals surface area contributed by atoms with E-state index in [0.29, 0.717) is 18.7 Å². The zero-order valence-electron chi connectivity index (χ0n) is 10.6. The minimum absolute atomic E-state index is 0.385. The molecular weight excluding hydrogens is 392 g/mol. The van der Waals surface area contributed by atoms with E-state index < -0.39 is 12.0 Å². The minimum atomic E-state index is -0.953. The molecule has 1 aromatic rings. The summed E-state index contributed by atoms with van der Waals surface area (Å²) in [5.41, 5.74) is 0.604. The number of nitrogens with one attached hydrogen (secondary N) is 1. The Morgan fingerprint density at radius 3 is 2.50 bits per heavy atom. The van der Waals surface area contributed by atoms with Crippen LogP contribution in [0.1, 0.15) is 19.3 Å². The molecule has 0 radical (unpaired) electrons. The number of amides is 2. The number of likely N-dealkylation sites (tertiary alicyclic amines) is 1. The van der Waals surface area contributed by atoms with Crippen molar-refractivity contribution < 1.29 is 14.7 Å². The van der Waals surface area contributed by atoms with Crippen molar-refractivity contribution in [3.05, 3.63) is 27.1 Å². The van der Waals surface area contributed by atoms with Gasteiger partial charge >= 0.3 is 12.0 Å². The third-order valence-electron chi connectivity index (χ3n) is 3.24. The van der Waals surface area contributed by atoms with E-state index in [2.05, 4.69) is 37.2 Å². The lowest BCUT2D eigenvalue weighted by molar-refractivity contribution is -0.143. The van der Waals surface area contributed by atoms with Gasteiger partial charge < -0.3 is 15.3 Å². The normalized spacial score (nSPS) is 18.7. The topological polar surface area (TPSA) is 69.6 Å². The lowest BCUT2D eigenvalue weighted by Gasteiger charge is -2.33. The van der Waals surface area contributed by atoms with Crippen molar-refractivity contribution in [1.29, 1.82) is 0 Å². The highest BCUT2D eigenvalue weighted by molar-refractivity contribution is 9.11. The number of urea groups is 1. The molecule has 0 bridgehead atoms. The third-order valence-corrected chi connectivity index (χ3v) is 4.57. The second-order valence-electron chi connectivity index (χ2n) is 4.57. The molecule has 1 aromatic carbocycles. The highest BCUT2D eigenvalue weighted by Crippen LogP contribution is 2.31. The second kappa shape index (κ2) is 6.58. The van der Waals surface area contributed by atoms with Gasteiger partial charge in [-0.15, -0.1) is 0 Å². The Labute approximate surface area is 133 Å². The van der Waals surface area contributed by atoms with Gasteiger partial charge in [0.2, 0.25) is 0 Å². The number of rotatable bonds is 2. The summed E-state index contributed by atoms with van der Waals surface area (Å²) in [6.07, 6.45) is 2.16. The van der Waals surface area contributed by atoms with Crippen LogP contribution >= 0.6 is 31.9 Å². The predicted molar refractivity (Wildman–Crippen MR) is 82.8 cm³/mol. The van der Waals surface area contributed by atoms with Crippen molar-refractivity contribution in [1.82, 2.24) is 4.90 Å². The number of carboxylic acids is 1. The van der Waals surface area contributed by atoms with Gasteiger partial charge in [-0.1, -0.05) is 6.07 Å². The van der Waals surface area contributed by atoms with Crippen LogP contribution in [0.4, 0.5) is 10.5 Å². The van der Waals surface area contributed by atoms with E-state index in [9.17, 15) is 14.7 Å². The molecule has 1 atom stereocenters. The summed E-state index contributed by atoms with van der Waals surface area (Å²) in [4.78, 5) is 24.9. The Hall–Kier alpha value is -1.08. The highest BCUT2D eigenvalue weighted by Gasteiger charge is 2.32. The van der Waals surface area contributed by atoms with Crippen LogP contribution in [0, 0.1) is 0 Å². The van der Waals surface area contributed by atoms with Gasteiger partial charge in [0.15, 0.2) is 0 Å². The summed E-state index contributed by atoms with van der Waals surface area (Å²) in [5.74, 6) is -0.953. The molecule has 108 valence electrons. The Bertz CT molecular complexity index is 516. The molecule has 1 saturated heterocycles. The van der Waals surface area contributed by atoms with Crippen molar-refractivity contribution in [3.8, 4) is 0 Å². The SMILES string of the molecule is O=C(O)C1CCCCN1C(=O)Nc1c(Br)cccc1Br. The predicted octanol–water partition coefficient (Wildman–Crippen LogP) is 3.68. The van der Waals surface area contributed by atoms with Crippen LogP contribution in [-0.4, -0.2) is 34.6 Å². The quantitative estimate of drug-likeness (QED) is 0.788. The second-order valence-corrected chi connectivity index (χ2v) is 6.28. The van der Waals surface area contributed by atoms with Crippen LogP contribution in [0.25, 0.3) is 0 Å². The van der Waals surface area contributed by atoms with E-state index in [4.69, 9.17) is 0 Å². The minimum Gasteiger partial charge on any atom is -0.480 e. The Morgan fingerprint density at radius 2 is 1.90 bits per heavy atom. The summed E-state index contributed by atoms with van der Waals surface area (Å²) < 4.78 is 1.48. The number of hydrogen-bond acceptors (Lipinski definition) is 2. The Kier molecular flexibility index (Phi) is 5.04. The molecule has 2 amide bonds. The van der Waals surface area contributed by atoms with E-state index in [1.165, 1.54) is 4.90 Å². The number of hydrogen-bond donors (Lipinski definition) is 2. The van der Waals surface area contributed by atoms with Crippen LogP contribution < -0.4 is 5.32 Å². The van der Waals surface area contributed by atoms with Crippen LogP contribution in [-0.2, 0) is 4.79 Å². The van der Waals surface area contributed by atoms with E-state index in [1.807, 2.05) is 18.2 Å². The molecule has 0 aromatic heterocycles. The largest absolute Gasteiger partial charge is 0.480 e. The standard InChI is InChI=1S/C13H14Br2N2O3/c14-8-4-3-5-9(15)11(8)16-13(20)17-7-2-1-6-10(17)12(18)19/h3-5,10H,1-2,6-7H2,(H,16,20)(H,18,19). The molecule has 1 unspecified atom stereocenters. The van der Waals surface area contributed by atoms with Crippen LogP contribution in [0.3, 0.4) is 0 Å². The number of nitrogens with zero attached hydrogens (tertiary/aromatic N) is 1. The number of anilines is 1. The molecule has 0 spiro atoms. The van der Waals surface area contributed by atoms with E-state index in [1.54, 1.807) is 0 Å². The summed E-state index contributed by atoms with van der Waals surface area (Å²) in [5, 5.41) is 12.0. The van der Waals surface area contributed by atoms with Crippen molar-refractivity contribution in [2.24, 2.45) is 0 Å². The average Bonchev–Trinajstić information content (AvgIpc) is 2.43. The van der Waals surface area contributed by atoms with Gasteiger partial charge in [-0.25, -0.2) is 9.59 Å². The van der Waals surface area contributed by atoms with Crippen molar-refractivity contribution in [3.63, 3.8) is 0 Å². The van der Waals surface area contributed by atoms with Gasteiger partial charge in [0.1, 0.15) is 6.04 Å². The van der Waals surface area contributed by atoms with Crippen LogP contribution in [0.15, 0.2) is 27.1 Å². The maximum absolute atomic E-state index is 12.3. The number of benzene rings is 1. The molecule has 1 aliphatic heterocycles. The maximum atomic E-state index is 12.3. The number of aliphatic carboxylic acids is 1. The number of carbonyl (C=O) groups excluding carboxylic acids is 1. The molecule has 5 nitrogen and oxygen atoms in total. The molecule has 2 rings (SSSR count). The number of para-hydroxylation sites is 1. The van der Waals surface area contributed by atoms with Gasteiger partial charge in [-0.05, 0) is 63.3 Å². The summed E-state index contributed by atoms with van der Waals surface area (Å²) in [7, 11) is 0. The summed E-state index contributed by atoms with van der Waals surface area (Å²) in [6.45, 7) is 0.463. The first-order valence-corrected chi connectivity index (χ1v) is 7.83. The van der Waals surface area contributed by atoms with Crippen molar-refractivity contribution in [2.45, 2.75) is 25.3 Å². The number of carbonyl (C=O) groups is 2. The molecule has 7 heteroatoms. The van der Waals surface area contributed by atoms with Gasteiger partial charge in [0.05, 0.1) is 5.69 Å². The lowest BCUT2D eigenvalue weighted by atomic mass is 10.0. The third kappa shape index (κ3) is 3.32. The highest BCUT2D eigenvalue weighted by atomic mass is 79.9. The molecule has 2 N–H and O–H groups in total. The van der Waals surface area contributed by atoms with Crippen LogP contribution in [0.2, 0.25) is 0 Å². The molecule has 1 fully saturated rings. The smallest absolute Gasteiger partial charge is 0.326 e. The molecule has 20 heavy (non-hydrogen) atoms. The fourth-order valence-electron chi connectivity index (χ4n) is 2.23. The molecule has 0 aliphatic carbocycles. The molecule has 0 saturated carbocycles. The van der Waals surface area contributed by atoms with Crippen LogP contribution in [0.5, 0.6) is 0 Å². The lowest BCUT2D eigenvalue weighted by Crippen LogP contribution is -2.49. The number of carboxylic acid groups (broad SMARTS) is 1. The first kappa shape index (κ1) is 15.3. The molecular formula is C13H14Br2N2O3. The zero-order chi connectivity index (χ0) is 14.7. The first-order chi connectivity index (χ1) is 9.50. The van der Waals surface area contributed by atoms with Crippen molar-refractivity contribution >= 4 is 49.5 Å². The van der Waals surface area contributed by atoms with Gasteiger partial charge in [-0.3, -0.25) is 0 Å². The monoisotopic (exact) mass is 404 g/mol. The summed E-state index contributed by atoms with van der Waals surface area (Å²) in [6, 6.07) is 4.33. The average molecular weight is 406 g/mol. The van der Waals surface area contributed by atoms with E-state index >= 15 is 0 Å². The fourth-order valence-corrected chi connectivity index (χ4v) is 3.42. The zero-order valence-corrected chi connectivity index (χ0v) is 13.8. The van der Waals surface area contributed by atoms with E-state index in [0.717, 1.165) is 21.8 Å². The number of halogens is 2. The number of piperidine rings is 1. The van der Waals surface area contributed by atoms with Gasteiger partial charge in [0.25, 0.3) is 0 Å². The molecule has 1 aliphatic rings. The Balaban J connectivity index is 2.16. The van der Waals surface area contributed by atoms with Crippen molar-refractivity contribution in [2.75, 3.05) is 11.9 Å². The Morgan fingerprint density at radius 1 is 1.25 bits per heavy atom. The first-order valence-electron chi connectivity index (χ1n) is 6.25. The summed E-state index contributed by atoms with van der Waals surface area (Å²) >= 11 is 6.73. The van der Waals surface area contributed by atoms with Gasteiger partial charge in [0, 0.05) is 15.5 Å².